The van der Waals surface area contributed by atoms with Crippen LogP contribution >= 0.6 is 15.9 Å². The third-order valence-corrected chi connectivity index (χ3v) is 2.99. The van der Waals surface area contributed by atoms with E-state index in [1.807, 2.05) is 0 Å². The normalized spacial score (nSPS) is 18.0. The zero-order chi connectivity index (χ0) is 7.44. The summed E-state index contributed by atoms with van der Waals surface area (Å²) in [5, 5.41) is 8.60. The van der Waals surface area contributed by atoms with Gasteiger partial charge in [0.15, 0.2) is 0 Å². The molecule has 0 aliphatic carbocycles. The maximum atomic E-state index is 8.60. The minimum absolute atomic E-state index is 0.0497. The largest absolute Gasteiger partial charge is 0.395 e. The fourth-order valence-electron chi connectivity index (χ4n) is 0.595. The second kappa shape index (κ2) is 4.25. The molecule has 0 aliphatic rings. The summed E-state index contributed by atoms with van der Waals surface area (Å²) in [4.78, 5) is 0.225. The Morgan fingerprint density at radius 2 is 2.00 bits per heavy atom. The van der Waals surface area contributed by atoms with Gasteiger partial charge in [0.05, 0.1) is 6.61 Å². The Balaban J connectivity index is 3.58. The molecule has 0 bridgehead atoms. The van der Waals surface area contributed by atoms with E-state index in [0.717, 1.165) is 0 Å². The maximum absolute atomic E-state index is 8.60. The zero-order valence-electron chi connectivity index (χ0n) is 5.84. The van der Waals surface area contributed by atoms with E-state index in [1.165, 1.54) is 0 Å². The lowest BCUT2D eigenvalue weighted by Crippen LogP contribution is -2.37. The number of rotatable bonds is 3. The van der Waals surface area contributed by atoms with E-state index < -0.39 is 0 Å². The highest BCUT2D eigenvalue weighted by Crippen LogP contribution is 2.13. The van der Waals surface area contributed by atoms with Gasteiger partial charge in [0.2, 0.25) is 0 Å². The first-order valence-corrected chi connectivity index (χ1v) is 4.01. The fourth-order valence-corrected chi connectivity index (χ4v) is 0.762. The van der Waals surface area contributed by atoms with Gasteiger partial charge in [-0.2, -0.15) is 0 Å². The van der Waals surface area contributed by atoms with E-state index >= 15 is 0 Å². The van der Waals surface area contributed by atoms with Crippen molar-refractivity contribution in [2.24, 2.45) is 11.7 Å². The molecule has 0 fully saturated rings. The van der Waals surface area contributed by atoms with Crippen molar-refractivity contribution >= 4 is 15.9 Å². The molecule has 3 N–H and O–H groups in total. The van der Waals surface area contributed by atoms with Crippen LogP contribution in [0.1, 0.15) is 13.8 Å². The molecule has 0 aromatic rings. The van der Waals surface area contributed by atoms with Gasteiger partial charge in [-0.15, -0.1) is 0 Å². The highest BCUT2D eigenvalue weighted by atomic mass is 79.9. The molecular weight excluding hydrogens is 182 g/mol. The summed E-state index contributed by atoms with van der Waals surface area (Å²) >= 11 is 3.38. The Morgan fingerprint density at radius 1 is 1.56 bits per heavy atom. The fraction of sp³-hybridized carbons (Fsp3) is 1.00. The summed E-state index contributed by atoms with van der Waals surface area (Å²) in [6.07, 6.45) is 0. The molecule has 56 valence electrons. The Morgan fingerprint density at radius 3 is 2.11 bits per heavy atom. The Hall–Kier alpha value is 0.400. The molecule has 0 aromatic carbocycles. The van der Waals surface area contributed by atoms with Crippen molar-refractivity contribution in [1.29, 1.82) is 0 Å². The predicted molar refractivity (Wildman–Crippen MR) is 42.6 cm³/mol. The minimum atomic E-state index is -0.134. The van der Waals surface area contributed by atoms with E-state index in [2.05, 4.69) is 29.8 Å². The number of hydrogen-bond acceptors (Lipinski definition) is 2. The molecule has 0 saturated heterocycles. The summed E-state index contributed by atoms with van der Waals surface area (Å²) in [5.74, 6) is 0.479. The number of aliphatic hydroxyl groups excluding tert-OH is 1. The highest BCUT2D eigenvalue weighted by Gasteiger charge is 2.16. The minimum Gasteiger partial charge on any atom is -0.395 e. The van der Waals surface area contributed by atoms with E-state index in [4.69, 9.17) is 10.8 Å². The lowest BCUT2D eigenvalue weighted by atomic mass is 10.1. The molecule has 2 atom stereocenters. The van der Waals surface area contributed by atoms with Gasteiger partial charge in [0.25, 0.3) is 0 Å². The Labute approximate surface area is 64.6 Å². The molecule has 0 heterocycles. The van der Waals surface area contributed by atoms with Crippen molar-refractivity contribution in [1.82, 2.24) is 0 Å². The third-order valence-electron chi connectivity index (χ3n) is 1.26. The maximum Gasteiger partial charge on any atom is 0.0593 e. The average molecular weight is 196 g/mol. The Bertz CT molecular complexity index is 77.5. The lowest BCUT2D eigenvalue weighted by molar-refractivity contribution is 0.255. The van der Waals surface area contributed by atoms with Crippen LogP contribution in [0.25, 0.3) is 0 Å². The SMILES string of the molecule is CC(C)C(Br)C(N)CO. The van der Waals surface area contributed by atoms with Gasteiger partial charge in [0, 0.05) is 10.9 Å². The molecule has 9 heavy (non-hydrogen) atoms. The molecule has 0 amide bonds. The number of alkyl halides is 1. The predicted octanol–water partition coefficient (Wildman–Crippen LogP) is 0.726. The molecular formula is C6H14BrNO. The summed E-state index contributed by atoms with van der Waals surface area (Å²) < 4.78 is 0. The quantitative estimate of drug-likeness (QED) is 0.653. The topological polar surface area (TPSA) is 46.2 Å². The number of halogens is 1. The van der Waals surface area contributed by atoms with Crippen LogP contribution in [-0.2, 0) is 0 Å². The van der Waals surface area contributed by atoms with Gasteiger partial charge < -0.3 is 10.8 Å². The first-order chi connectivity index (χ1) is 4.09. The van der Waals surface area contributed by atoms with Gasteiger partial charge in [-0.05, 0) is 5.92 Å². The van der Waals surface area contributed by atoms with Crippen molar-refractivity contribution in [2.45, 2.75) is 24.7 Å². The molecule has 0 aromatic heterocycles. The molecule has 2 unspecified atom stereocenters. The number of nitrogens with two attached hydrogens (primary N) is 1. The monoisotopic (exact) mass is 195 g/mol. The van der Waals surface area contributed by atoms with Crippen molar-refractivity contribution < 1.29 is 5.11 Å². The third kappa shape index (κ3) is 3.18. The van der Waals surface area contributed by atoms with E-state index in [9.17, 15) is 0 Å². The van der Waals surface area contributed by atoms with Crippen LogP contribution in [0, 0.1) is 5.92 Å². The van der Waals surface area contributed by atoms with Gasteiger partial charge >= 0.3 is 0 Å². The van der Waals surface area contributed by atoms with Crippen LogP contribution in [-0.4, -0.2) is 22.6 Å². The molecule has 0 radical (unpaired) electrons. The molecule has 0 aliphatic heterocycles. The van der Waals surface area contributed by atoms with Crippen molar-refractivity contribution in [2.75, 3.05) is 6.61 Å². The summed E-state index contributed by atoms with van der Waals surface area (Å²) in [5.41, 5.74) is 5.52. The lowest BCUT2D eigenvalue weighted by Gasteiger charge is -2.18. The second-order valence-corrected chi connectivity index (χ2v) is 3.59. The van der Waals surface area contributed by atoms with Gasteiger partial charge in [-0.3, -0.25) is 0 Å². The van der Waals surface area contributed by atoms with Crippen molar-refractivity contribution in [3.8, 4) is 0 Å². The van der Waals surface area contributed by atoms with Crippen molar-refractivity contribution in [3.05, 3.63) is 0 Å². The first kappa shape index (κ1) is 9.40. The number of hydrogen-bond donors (Lipinski definition) is 2. The van der Waals surface area contributed by atoms with Crippen LogP contribution < -0.4 is 5.73 Å². The standard InChI is InChI=1S/C6H14BrNO/c1-4(2)6(7)5(8)3-9/h4-6,9H,3,8H2,1-2H3. The first-order valence-electron chi connectivity index (χ1n) is 3.10. The highest BCUT2D eigenvalue weighted by molar-refractivity contribution is 9.09. The summed E-state index contributed by atoms with van der Waals surface area (Å²) in [6, 6.07) is -0.134. The molecule has 0 spiro atoms. The van der Waals surface area contributed by atoms with E-state index in [-0.39, 0.29) is 17.5 Å². The van der Waals surface area contributed by atoms with Crippen molar-refractivity contribution in [3.63, 3.8) is 0 Å². The van der Waals surface area contributed by atoms with Crippen LogP contribution in [0.5, 0.6) is 0 Å². The van der Waals surface area contributed by atoms with Gasteiger partial charge in [0.1, 0.15) is 0 Å². The average Bonchev–Trinajstić information content (AvgIpc) is 1.84. The second-order valence-electron chi connectivity index (χ2n) is 2.53. The van der Waals surface area contributed by atoms with Gasteiger partial charge in [-0.25, -0.2) is 0 Å². The van der Waals surface area contributed by atoms with E-state index in [1.54, 1.807) is 0 Å². The summed E-state index contributed by atoms with van der Waals surface area (Å²) in [7, 11) is 0. The number of aliphatic hydroxyl groups is 1. The Kier molecular flexibility index (Phi) is 4.44. The molecule has 2 nitrogen and oxygen atoms in total. The smallest absolute Gasteiger partial charge is 0.0593 e. The molecule has 0 rings (SSSR count). The van der Waals surface area contributed by atoms with Crippen LogP contribution in [0.3, 0.4) is 0 Å². The van der Waals surface area contributed by atoms with Crippen LogP contribution in [0.4, 0.5) is 0 Å². The van der Waals surface area contributed by atoms with Crippen LogP contribution in [0.2, 0.25) is 0 Å². The van der Waals surface area contributed by atoms with Gasteiger partial charge in [-0.1, -0.05) is 29.8 Å². The molecule has 0 saturated carbocycles. The molecule has 3 heteroatoms. The zero-order valence-corrected chi connectivity index (χ0v) is 7.43. The van der Waals surface area contributed by atoms with Crippen LogP contribution in [0.15, 0.2) is 0 Å². The summed E-state index contributed by atoms with van der Waals surface area (Å²) in [6.45, 7) is 4.18. The van der Waals surface area contributed by atoms with E-state index in [0.29, 0.717) is 5.92 Å².